The van der Waals surface area contributed by atoms with Crippen molar-refractivity contribution in [2.45, 2.75) is 56.9 Å². The van der Waals surface area contributed by atoms with Gasteiger partial charge in [-0.3, -0.25) is 0 Å². The van der Waals surface area contributed by atoms with Gasteiger partial charge in [-0.25, -0.2) is 9.97 Å². The third-order valence-corrected chi connectivity index (χ3v) is 11.7. The normalized spacial score (nSPS) is 18.8. The monoisotopic (exact) mass is 671 g/mol. The summed E-state index contributed by atoms with van der Waals surface area (Å²) in [6, 6.07) is 44.4. The Morgan fingerprint density at radius 2 is 1.38 bits per heavy atom. The number of aromatic nitrogens is 3. The summed E-state index contributed by atoms with van der Waals surface area (Å²) in [4.78, 5) is 11.1. The van der Waals surface area contributed by atoms with E-state index in [0.29, 0.717) is 0 Å². The minimum Gasteiger partial charge on any atom is -0.337 e. The minimum atomic E-state index is -0.113. The van der Waals surface area contributed by atoms with Crippen molar-refractivity contribution in [3.05, 3.63) is 174 Å². The van der Waals surface area contributed by atoms with Crippen molar-refractivity contribution >= 4 is 27.4 Å². The summed E-state index contributed by atoms with van der Waals surface area (Å²) in [6.07, 6.45) is 15.6. The van der Waals surface area contributed by atoms with Gasteiger partial charge in [0.05, 0.1) is 16.9 Å². The zero-order chi connectivity index (χ0) is 34.8. The predicted octanol–water partition coefficient (Wildman–Crippen LogP) is 12.6. The van der Waals surface area contributed by atoms with Crippen LogP contribution in [-0.4, -0.2) is 14.5 Å². The largest absolute Gasteiger partial charge is 0.337 e. The van der Waals surface area contributed by atoms with Crippen LogP contribution in [-0.2, 0) is 5.41 Å². The second-order valence-corrected chi connectivity index (χ2v) is 15.1. The summed E-state index contributed by atoms with van der Waals surface area (Å²) in [5, 5.41) is 2.67. The van der Waals surface area contributed by atoms with Crippen molar-refractivity contribution < 1.29 is 0 Å². The van der Waals surface area contributed by atoms with Gasteiger partial charge in [0.25, 0.3) is 0 Å². The second kappa shape index (κ2) is 12.2. The van der Waals surface area contributed by atoms with Crippen LogP contribution in [0.3, 0.4) is 0 Å². The van der Waals surface area contributed by atoms with Crippen molar-refractivity contribution in [1.82, 2.24) is 14.5 Å². The van der Waals surface area contributed by atoms with Gasteiger partial charge in [0.2, 0.25) is 0 Å². The van der Waals surface area contributed by atoms with E-state index in [1.54, 1.807) is 0 Å². The molecular weight excluding hydrogens is 631 g/mol. The topological polar surface area (TPSA) is 30.7 Å². The Balaban J connectivity index is 1.16. The Morgan fingerprint density at radius 1 is 0.654 bits per heavy atom. The molecule has 2 aromatic heterocycles. The van der Waals surface area contributed by atoms with E-state index in [0.717, 1.165) is 59.6 Å². The molecule has 0 amide bonds. The minimum absolute atomic E-state index is 0.0659. The van der Waals surface area contributed by atoms with Gasteiger partial charge >= 0.3 is 0 Å². The second-order valence-electron chi connectivity index (χ2n) is 15.1. The van der Waals surface area contributed by atoms with Gasteiger partial charge in [0.1, 0.15) is 5.82 Å². The molecule has 0 saturated carbocycles. The first kappa shape index (κ1) is 31.0. The molecule has 252 valence electrons. The van der Waals surface area contributed by atoms with Crippen LogP contribution in [0.25, 0.3) is 60.9 Å². The van der Waals surface area contributed by atoms with Crippen LogP contribution in [0.2, 0.25) is 0 Å². The number of hydrogen-bond acceptors (Lipinski definition) is 2. The molecule has 2 heterocycles. The Bertz CT molecular complexity index is 2600. The van der Waals surface area contributed by atoms with Gasteiger partial charge in [-0.2, -0.15) is 0 Å². The third-order valence-electron chi connectivity index (χ3n) is 11.7. The fourth-order valence-electron chi connectivity index (χ4n) is 9.32. The van der Waals surface area contributed by atoms with Crippen molar-refractivity contribution in [1.29, 1.82) is 0 Å². The molecule has 52 heavy (non-hydrogen) atoms. The molecule has 0 bridgehead atoms. The van der Waals surface area contributed by atoms with Gasteiger partial charge in [-0.1, -0.05) is 159 Å². The molecule has 2 unspecified atom stereocenters. The smallest absolute Gasteiger partial charge is 0.136 e. The fourth-order valence-corrected chi connectivity index (χ4v) is 9.32. The van der Waals surface area contributed by atoms with Gasteiger partial charge < -0.3 is 4.57 Å². The summed E-state index contributed by atoms with van der Waals surface area (Å²) in [6.45, 7) is 4.82. The molecule has 3 aliphatic carbocycles. The fraction of sp³-hybridized carbons (Fsp3) is 0.184. The number of para-hydroxylation sites is 1. The molecular formula is C49H41N3. The number of nitrogens with zero attached hydrogens (tertiary/aromatic N) is 3. The highest BCUT2D eigenvalue weighted by Gasteiger charge is 2.39. The van der Waals surface area contributed by atoms with E-state index in [9.17, 15) is 0 Å². The molecule has 10 rings (SSSR count). The molecule has 7 aromatic rings. The third kappa shape index (κ3) is 4.79. The maximum Gasteiger partial charge on any atom is 0.136 e. The van der Waals surface area contributed by atoms with Crippen LogP contribution >= 0.6 is 0 Å². The Labute approximate surface area is 305 Å². The highest BCUT2D eigenvalue weighted by Crippen LogP contribution is 2.53. The molecule has 2 atom stereocenters. The van der Waals surface area contributed by atoms with Gasteiger partial charge in [0.15, 0.2) is 0 Å². The first-order chi connectivity index (χ1) is 25.6. The van der Waals surface area contributed by atoms with E-state index in [4.69, 9.17) is 9.97 Å². The lowest BCUT2D eigenvalue weighted by molar-refractivity contribution is 0.446. The number of rotatable bonds is 5. The Morgan fingerprint density at radius 3 is 2.19 bits per heavy atom. The first-order valence-electron chi connectivity index (χ1n) is 18.8. The van der Waals surface area contributed by atoms with Crippen molar-refractivity contribution in [3.63, 3.8) is 0 Å². The van der Waals surface area contributed by atoms with Crippen LogP contribution in [0.5, 0.6) is 0 Å². The standard InChI is InChI=1S/C49H41N3/c1-49(2)41-27-14-12-25-37(41)39-29-30-40-38-26-13-15-28-42(38)52(47(40)44(39)49)36-24-16-23-35(31-36)48-50-45(33-19-8-4-9-20-33)43(32-17-6-3-7-18-32)46(51-48)34-21-10-5-11-22-34/h3-4,6-10,12-23,25-30,35-36H,5,11,24,31H2,1-2H3. The summed E-state index contributed by atoms with van der Waals surface area (Å²) < 4.78 is 2.69. The maximum absolute atomic E-state index is 5.54. The number of fused-ring (bicyclic) bond motifs is 7. The van der Waals surface area contributed by atoms with Gasteiger partial charge in [0, 0.05) is 44.8 Å². The maximum atomic E-state index is 5.54. The Hall–Kier alpha value is -5.80. The number of benzene rings is 5. The predicted molar refractivity (Wildman–Crippen MR) is 216 cm³/mol. The molecule has 0 spiro atoms. The van der Waals surface area contributed by atoms with Crippen molar-refractivity contribution in [3.8, 4) is 33.5 Å². The van der Waals surface area contributed by atoms with E-state index < -0.39 is 0 Å². The van der Waals surface area contributed by atoms with Crippen molar-refractivity contribution in [2.24, 2.45) is 0 Å². The molecule has 0 N–H and O–H groups in total. The highest BCUT2D eigenvalue weighted by atomic mass is 15.0. The molecule has 5 aromatic carbocycles. The quantitative estimate of drug-likeness (QED) is 0.171. The molecule has 0 saturated heterocycles. The molecule has 3 aliphatic rings. The molecule has 3 heteroatoms. The lowest BCUT2D eigenvalue weighted by atomic mass is 9.81. The van der Waals surface area contributed by atoms with Crippen LogP contribution in [0, 0.1) is 0 Å². The average molecular weight is 672 g/mol. The molecule has 0 aliphatic heterocycles. The summed E-state index contributed by atoms with van der Waals surface area (Å²) in [5.41, 5.74) is 14.7. The van der Waals surface area contributed by atoms with E-state index in [2.05, 4.69) is 170 Å². The summed E-state index contributed by atoms with van der Waals surface area (Å²) in [7, 11) is 0. The van der Waals surface area contributed by atoms with Crippen LogP contribution in [0.4, 0.5) is 0 Å². The van der Waals surface area contributed by atoms with Crippen LogP contribution in [0.1, 0.15) is 74.1 Å². The van der Waals surface area contributed by atoms with Crippen LogP contribution < -0.4 is 0 Å². The average Bonchev–Trinajstić information content (AvgIpc) is 3.67. The first-order valence-corrected chi connectivity index (χ1v) is 18.8. The lowest BCUT2D eigenvalue weighted by Gasteiger charge is -2.30. The van der Waals surface area contributed by atoms with E-state index in [1.807, 2.05) is 0 Å². The van der Waals surface area contributed by atoms with E-state index in [1.165, 1.54) is 49.6 Å². The molecule has 3 nitrogen and oxygen atoms in total. The van der Waals surface area contributed by atoms with Crippen molar-refractivity contribution in [2.75, 3.05) is 0 Å². The number of allylic oxidation sites excluding steroid dienone is 6. The zero-order valence-electron chi connectivity index (χ0n) is 29.8. The number of hydrogen-bond donors (Lipinski definition) is 0. The van der Waals surface area contributed by atoms with Gasteiger partial charge in [-0.05, 0) is 65.1 Å². The Kier molecular flexibility index (Phi) is 7.25. The van der Waals surface area contributed by atoms with Gasteiger partial charge in [-0.15, -0.1) is 0 Å². The summed E-state index contributed by atoms with van der Waals surface area (Å²) in [5.74, 6) is 0.962. The van der Waals surface area contributed by atoms with Crippen LogP contribution in [0.15, 0.2) is 152 Å². The lowest BCUT2D eigenvalue weighted by Crippen LogP contribution is -2.20. The SMILES string of the molecule is CC1(C)c2ccccc2-c2ccc3c4ccccc4n(C4CC=CC(c5nc(C6=CCCC=C6)c(-c6ccccc6)c(-c6ccccc6)n5)C4)c3c21. The summed E-state index contributed by atoms with van der Waals surface area (Å²) >= 11 is 0. The molecule has 0 fully saturated rings. The zero-order valence-corrected chi connectivity index (χ0v) is 29.8. The molecule has 0 radical (unpaired) electrons. The van der Waals surface area contributed by atoms with E-state index in [-0.39, 0.29) is 17.4 Å². The highest BCUT2D eigenvalue weighted by molar-refractivity contribution is 6.12. The van der Waals surface area contributed by atoms with E-state index >= 15 is 0 Å².